The highest BCUT2D eigenvalue weighted by atomic mass is 16.2. The number of benzene rings is 2. The Balaban J connectivity index is 1.36. The van der Waals surface area contributed by atoms with E-state index in [4.69, 9.17) is 0 Å². The lowest BCUT2D eigenvalue weighted by atomic mass is 9.90. The summed E-state index contributed by atoms with van der Waals surface area (Å²) in [5, 5.41) is 8.41. The maximum Gasteiger partial charge on any atom is 0.325 e. The molecule has 2 fully saturated rings. The van der Waals surface area contributed by atoms with Crippen LogP contribution in [0.4, 0.5) is 10.5 Å². The van der Waals surface area contributed by atoms with Crippen LogP contribution in [0.3, 0.4) is 0 Å². The maximum atomic E-state index is 13.0. The molecule has 34 heavy (non-hydrogen) atoms. The number of anilines is 1. The van der Waals surface area contributed by atoms with Crippen LogP contribution in [0.5, 0.6) is 0 Å². The van der Waals surface area contributed by atoms with E-state index in [0.29, 0.717) is 37.1 Å². The van der Waals surface area contributed by atoms with E-state index in [9.17, 15) is 19.2 Å². The second kappa shape index (κ2) is 10.5. The number of nitrogens with one attached hydrogen (secondary N) is 3. The average molecular weight is 463 g/mol. The molecule has 8 heteroatoms. The third kappa shape index (κ3) is 5.27. The van der Waals surface area contributed by atoms with E-state index >= 15 is 0 Å². The highest BCUT2D eigenvalue weighted by Gasteiger charge is 2.51. The van der Waals surface area contributed by atoms with Gasteiger partial charge in [0.25, 0.3) is 11.8 Å². The van der Waals surface area contributed by atoms with Crippen molar-refractivity contribution < 1.29 is 19.2 Å². The van der Waals surface area contributed by atoms with Gasteiger partial charge < -0.3 is 16.0 Å². The van der Waals surface area contributed by atoms with Crippen molar-refractivity contribution in [1.82, 2.24) is 15.5 Å². The molecule has 178 valence electrons. The van der Waals surface area contributed by atoms with Gasteiger partial charge in [0.1, 0.15) is 12.1 Å². The molecule has 2 aromatic rings. The van der Waals surface area contributed by atoms with Gasteiger partial charge in [-0.15, -0.1) is 0 Å². The van der Waals surface area contributed by atoms with E-state index in [1.54, 1.807) is 24.3 Å². The molecular weight excluding hydrogens is 432 g/mol. The largest absolute Gasteiger partial charge is 0.352 e. The van der Waals surface area contributed by atoms with E-state index in [0.717, 1.165) is 36.1 Å². The third-order valence-electron chi connectivity index (χ3n) is 6.49. The van der Waals surface area contributed by atoms with Crippen molar-refractivity contribution >= 4 is 29.4 Å². The summed E-state index contributed by atoms with van der Waals surface area (Å²) in [6.07, 6.45) is 5.71. The van der Waals surface area contributed by atoms with Crippen molar-refractivity contribution in [2.75, 3.05) is 18.4 Å². The first-order chi connectivity index (χ1) is 16.5. The zero-order chi connectivity index (χ0) is 24.0. The molecule has 1 heterocycles. The lowest BCUT2D eigenvalue weighted by Crippen LogP contribution is -2.47. The van der Waals surface area contributed by atoms with Gasteiger partial charge in [-0.3, -0.25) is 19.3 Å². The predicted octanol–water partition coefficient (Wildman–Crippen LogP) is 3.24. The molecule has 2 aromatic carbocycles. The fourth-order valence-electron chi connectivity index (χ4n) is 4.67. The Labute approximate surface area is 199 Å². The second-order valence-electron chi connectivity index (χ2n) is 8.90. The zero-order valence-electron chi connectivity index (χ0n) is 19.1. The summed E-state index contributed by atoms with van der Waals surface area (Å²) < 4.78 is 0. The molecule has 0 aromatic heterocycles. The number of rotatable bonds is 7. The van der Waals surface area contributed by atoms with Crippen molar-refractivity contribution in [2.24, 2.45) is 0 Å². The SMILES string of the molecule is O=C(CN1C(=O)NC2(CCCCCC2)C1=O)Nc1ccccc1C(=O)NCCc1ccccc1. The minimum atomic E-state index is -0.885. The Hall–Kier alpha value is -3.68. The van der Waals surface area contributed by atoms with E-state index in [1.807, 2.05) is 30.3 Å². The monoisotopic (exact) mass is 462 g/mol. The fraction of sp³-hybridized carbons (Fsp3) is 0.385. The number of carbonyl (C=O) groups excluding carboxylic acids is 4. The molecule has 1 spiro atoms. The first kappa shape index (κ1) is 23.5. The Morgan fingerprint density at radius 1 is 0.912 bits per heavy atom. The molecule has 8 nitrogen and oxygen atoms in total. The minimum absolute atomic E-state index is 0.306. The summed E-state index contributed by atoms with van der Waals surface area (Å²) in [5.74, 6) is -1.17. The smallest absolute Gasteiger partial charge is 0.325 e. The standard InChI is InChI=1S/C26H30N4O4/c31-22(18-30-24(33)26(29-25(30)34)15-8-1-2-9-16-26)28-21-13-7-6-12-20(21)23(32)27-17-14-19-10-4-3-5-11-19/h3-7,10-13H,1-2,8-9,14-18H2,(H,27,32)(H,28,31)(H,29,34). The van der Waals surface area contributed by atoms with Gasteiger partial charge >= 0.3 is 6.03 Å². The fourth-order valence-corrected chi connectivity index (χ4v) is 4.67. The lowest BCUT2D eigenvalue weighted by molar-refractivity contribution is -0.134. The highest BCUT2D eigenvalue weighted by molar-refractivity contribution is 6.11. The molecule has 0 atom stereocenters. The van der Waals surface area contributed by atoms with Crippen LogP contribution in [-0.4, -0.2) is 47.3 Å². The normalized spacial score (nSPS) is 17.2. The van der Waals surface area contributed by atoms with Crippen LogP contribution in [0, 0.1) is 0 Å². The Morgan fingerprint density at radius 2 is 1.59 bits per heavy atom. The first-order valence-electron chi connectivity index (χ1n) is 11.8. The quantitative estimate of drug-likeness (QED) is 0.549. The summed E-state index contributed by atoms with van der Waals surface area (Å²) in [6.45, 7) is 0.0615. The van der Waals surface area contributed by atoms with Gasteiger partial charge in [0.15, 0.2) is 0 Å². The van der Waals surface area contributed by atoms with Crippen molar-refractivity contribution in [3.63, 3.8) is 0 Å². The summed E-state index contributed by atoms with van der Waals surface area (Å²) in [6, 6.07) is 16.0. The minimum Gasteiger partial charge on any atom is -0.352 e. The molecule has 4 rings (SSSR count). The summed E-state index contributed by atoms with van der Waals surface area (Å²) >= 11 is 0. The van der Waals surface area contributed by atoms with Crippen LogP contribution in [0.15, 0.2) is 54.6 Å². The summed E-state index contributed by atoms with van der Waals surface area (Å²) in [4.78, 5) is 52.0. The van der Waals surface area contributed by atoms with E-state index in [2.05, 4.69) is 16.0 Å². The van der Waals surface area contributed by atoms with Crippen LogP contribution in [0.25, 0.3) is 0 Å². The van der Waals surface area contributed by atoms with E-state index in [1.165, 1.54) is 0 Å². The molecule has 5 amide bonds. The van der Waals surface area contributed by atoms with Crippen LogP contribution in [0.1, 0.15) is 54.4 Å². The van der Waals surface area contributed by atoms with E-state index in [-0.39, 0.29) is 11.8 Å². The Morgan fingerprint density at radius 3 is 2.32 bits per heavy atom. The van der Waals surface area contributed by atoms with Crippen molar-refractivity contribution in [3.05, 3.63) is 65.7 Å². The number of nitrogens with zero attached hydrogens (tertiary/aromatic N) is 1. The maximum absolute atomic E-state index is 13.0. The number of carbonyl (C=O) groups is 4. The van der Waals surface area contributed by atoms with Crippen LogP contribution < -0.4 is 16.0 Å². The summed E-state index contributed by atoms with van der Waals surface area (Å²) in [5.41, 5.74) is 0.886. The molecule has 0 bridgehead atoms. The van der Waals surface area contributed by atoms with Gasteiger partial charge in [-0.1, -0.05) is 68.1 Å². The van der Waals surface area contributed by atoms with Crippen LogP contribution >= 0.6 is 0 Å². The number of hydrogen-bond donors (Lipinski definition) is 3. The molecule has 2 aliphatic rings. The van der Waals surface area contributed by atoms with Gasteiger partial charge in [0, 0.05) is 6.54 Å². The third-order valence-corrected chi connectivity index (χ3v) is 6.49. The highest BCUT2D eigenvalue weighted by Crippen LogP contribution is 2.32. The van der Waals surface area contributed by atoms with Gasteiger partial charge in [-0.25, -0.2) is 4.79 Å². The number of para-hydroxylation sites is 1. The van der Waals surface area contributed by atoms with Gasteiger partial charge in [0.2, 0.25) is 5.91 Å². The zero-order valence-corrected chi connectivity index (χ0v) is 19.1. The molecule has 3 N–H and O–H groups in total. The Bertz CT molecular complexity index is 1060. The van der Waals surface area contributed by atoms with Crippen molar-refractivity contribution in [1.29, 1.82) is 0 Å². The van der Waals surface area contributed by atoms with Gasteiger partial charge in [0.05, 0.1) is 11.3 Å². The molecule has 1 aliphatic carbocycles. The molecule has 0 unspecified atom stereocenters. The molecule has 1 aliphatic heterocycles. The summed E-state index contributed by atoms with van der Waals surface area (Å²) in [7, 11) is 0. The Kier molecular flexibility index (Phi) is 7.25. The molecular formula is C26H30N4O4. The van der Waals surface area contributed by atoms with Crippen molar-refractivity contribution in [2.45, 2.75) is 50.5 Å². The number of imide groups is 1. The first-order valence-corrected chi connectivity index (χ1v) is 11.8. The molecule has 1 saturated heterocycles. The molecule has 1 saturated carbocycles. The van der Waals surface area contributed by atoms with Crippen molar-refractivity contribution in [3.8, 4) is 0 Å². The van der Waals surface area contributed by atoms with Crippen LogP contribution in [-0.2, 0) is 16.0 Å². The van der Waals surface area contributed by atoms with Gasteiger partial charge in [-0.05, 0) is 37.0 Å². The van der Waals surface area contributed by atoms with E-state index < -0.39 is 24.0 Å². The topological polar surface area (TPSA) is 108 Å². The number of urea groups is 1. The predicted molar refractivity (Wildman–Crippen MR) is 128 cm³/mol. The lowest BCUT2D eigenvalue weighted by Gasteiger charge is -2.24. The van der Waals surface area contributed by atoms with Gasteiger partial charge in [-0.2, -0.15) is 0 Å². The second-order valence-corrected chi connectivity index (χ2v) is 8.90. The number of hydrogen-bond acceptors (Lipinski definition) is 4. The van der Waals surface area contributed by atoms with Crippen LogP contribution in [0.2, 0.25) is 0 Å². The number of amides is 5. The average Bonchev–Trinajstić information content (AvgIpc) is 2.99. The molecule has 0 radical (unpaired) electrons.